The highest BCUT2D eigenvalue weighted by Crippen LogP contribution is 2.26. The third kappa shape index (κ3) is 5.31. The van der Waals surface area contributed by atoms with Crippen LogP contribution in [0.2, 0.25) is 5.02 Å². The van der Waals surface area contributed by atoms with Gasteiger partial charge in [-0.1, -0.05) is 11.6 Å². The zero-order chi connectivity index (χ0) is 24.1. The average Bonchev–Trinajstić information content (AvgIpc) is 3.20. The summed E-state index contributed by atoms with van der Waals surface area (Å²) in [6.45, 7) is 5.76. The number of hydrogen-bond acceptors (Lipinski definition) is 7. The van der Waals surface area contributed by atoms with Crippen molar-refractivity contribution in [3.63, 3.8) is 0 Å². The summed E-state index contributed by atoms with van der Waals surface area (Å²) in [5.41, 5.74) is 3.21. The Morgan fingerprint density at radius 3 is 2.62 bits per heavy atom. The third-order valence-corrected chi connectivity index (χ3v) is 5.98. The number of anilines is 2. The second-order valence-corrected chi connectivity index (χ2v) is 8.33. The van der Waals surface area contributed by atoms with Crippen molar-refractivity contribution in [2.24, 2.45) is 0 Å². The molecule has 2 N–H and O–H groups in total. The molecule has 0 radical (unpaired) electrons. The molecule has 4 rings (SSSR count). The zero-order valence-electron chi connectivity index (χ0n) is 18.7. The highest BCUT2D eigenvalue weighted by molar-refractivity contribution is 6.30. The lowest BCUT2D eigenvalue weighted by Crippen LogP contribution is -2.47. The van der Waals surface area contributed by atoms with E-state index in [9.17, 15) is 10.1 Å². The van der Waals surface area contributed by atoms with Crippen LogP contribution in [0.15, 0.2) is 48.7 Å². The van der Waals surface area contributed by atoms with Crippen molar-refractivity contribution in [3.8, 4) is 17.5 Å². The van der Waals surface area contributed by atoms with Gasteiger partial charge in [0.15, 0.2) is 5.75 Å². The standard InChI is InChI=1S/C24H25ClN6O3/c1-17-23(16-27-31(17)21-5-2-19(25)3-6-21)34-24(33)28-20-4-7-22(18(14-20)15-26)30-10-8-29(9-11-30)12-13-32/h2-7,14,16,32H,8-13H2,1H3,(H,28,33). The Labute approximate surface area is 202 Å². The van der Waals surface area contributed by atoms with Gasteiger partial charge in [0.05, 0.1) is 35.4 Å². The van der Waals surface area contributed by atoms with Crippen molar-refractivity contribution in [1.82, 2.24) is 14.7 Å². The highest BCUT2D eigenvalue weighted by atomic mass is 35.5. The summed E-state index contributed by atoms with van der Waals surface area (Å²) >= 11 is 5.94. The minimum Gasteiger partial charge on any atom is -0.406 e. The van der Waals surface area contributed by atoms with Crippen LogP contribution in [0.3, 0.4) is 0 Å². The first-order valence-corrected chi connectivity index (χ1v) is 11.3. The van der Waals surface area contributed by atoms with E-state index < -0.39 is 6.09 Å². The van der Waals surface area contributed by atoms with Crippen LogP contribution in [-0.2, 0) is 0 Å². The maximum absolute atomic E-state index is 12.5. The van der Waals surface area contributed by atoms with Gasteiger partial charge in [-0.2, -0.15) is 10.4 Å². The molecule has 3 aromatic rings. The molecule has 0 bridgehead atoms. The number of aliphatic hydroxyl groups excluding tert-OH is 1. The quantitative estimate of drug-likeness (QED) is 0.556. The molecular weight excluding hydrogens is 456 g/mol. The first-order valence-electron chi connectivity index (χ1n) is 10.9. The first-order chi connectivity index (χ1) is 16.5. The predicted octanol–water partition coefficient (Wildman–Crippen LogP) is 3.43. The molecule has 176 valence electrons. The molecule has 34 heavy (non-hydrogen) atoms. The summed E-state index contributed by atoms with van der Waals surface area (Å²) < 4.78 is 7.11. The lowest BCUT2D eigenvalue weighted by Gasteiger charge is -2.36. The van der Waals surface area contributed by atoms with Gasteiger partial charge >= 0.3 is 6.09 Å². The van der Waals surface area contributed by atoms with Crippen LogP contribution < -0.4 is 15.0 Å². The van der Waals surface area contributed by atoms with Crippen LogP contribution in [0, 0.1) is 18.3 Å². The zero-order valence-corrected chi connectivity index (χ0v) is 19.5. The number of nitrogens with one attached hydrogen (secondary N) is 1. The predicted molar refractivity (Wildman–Crippen MR) is 130 cm³/mol. The molecule has 1 saturated heterocycles. The van der Waals surface area contributed by atoms with Crippen molar-refractivity contribution in [2.45, 2.75) is 6.92 Å². The summed E-state index contributed by atoms with van der Waals surface area (Å²) in [6, 6.07) is 14.6. The third-order valence-electron chi connectivity index (χ3n) is 5.73. The van der Waals surface area contributed by atoms with Crippen molar-refractivity contribution in [3.05, 3.63) is 64.9 Å². The van der Waals surface area contributed by atoms with Crippen molar-refractivity contribution >= 4 is 29.1 Å². The number of aliphatic hydroxyl groups is 1. The number of amides is 1. The van der Waals surface area contributed by atoms with Gasteiger partial charge in [-0.25, -0.2) is 9.48 Å². The highest BCUT2D eigenvalue weighted by Gasteiger charge is 2.20. The molecule has 0 unspecified atom stereocenters. The Morgan fingerprint density at radius 2 is 1.94 bits per heavy atom. The Kier molecular flexibility index (Phi) is 7.33. The van der Waals surface area contributed by atoms with Crippen LogP contribution in [0.4, 0.5) is 16.2 Å². The van der Waals surface area contributed by atoms with Crippen LogP contribution in [0.25, 0.3) is 5.69 Å². The van der Waals surface area contributed by atoms with E-state index >= 15 is 0 Å². The van der Waals surface area contributed by atoms with E-state index in [0.29, 0.717) is 34.3 Å². The number of nitriles is 1. The molecule has 2 aromatic carbocycles. The number of carbonyl (C=O) groups excluding carboxylic acids is 1. The normalized spacial score (nSPS) is 14.0. The topological polar surface area (TPSA) is 107 Å². The number of β-amino-alcohol motifs (C(OH)–C–C–N with tert-alkyl or cyclic N) is 1. The Morgan fingerprint density at radius 1 is 1.21 bits per heavy atom. The molecule has 0 aliphatic carbocycles. The summed E-state index contributed by atoms with van der Waals surface area (Å²) in [5, 5.41) is 26.4. The van der Waals surface area contributed by atoms with Crippen LogP contribution >= 0.6 is 11.6 Å². The molecule has 0 atom stereocenters. The largest absolute Gasteiger partial charge is 0.417 e. The average molecular weight is 481 g/mol. The molecule has 2 heterocycles. The van der Waals surface area contributed by atoms with Crippen molar-refractivity contribution in [2.75, 3.05) is 49.5 Å². The number of aromatic nitrogens is 2. The van der Waals surface area contributed by atoms with Gasteiger partial charge < -0.3 is 14.7 Å². The molecule has 1 amide bonds. The van der Waals surface area contributed by atoms with Gasteiger partial charge in [0.1, 0.15) is 6.07 Å². The van der Waals surface area contributed by atoms with E-state index in [2.05, 4.69) is 26.3 Å². The molecule has 0 saturated carbocycles. The van der Waals surface area contributed by atoms with E-state index in [-0.39, 0.29) is 6.61 Å². The fraction of sp³-hybridized carbons (Fsp3) is 0.292. The maximum Gasteiger partial charge on any atom is 0.417 e. The first kappa shape index (κ1) is 23.6. The molecule has 1 aliphatic heterocycles. The van der Waals surface area contributed by atoms with Gasteiger partial charge in [-0.3, -0.25) is 10.2 Å². The molecule has 1 aliphatic rings. The van der Waals surface area contributed by atoms with Gasteiger partial charge in [0.2, 0.25) is 0 Å². The van der Waals surface area contributed by atoms with Gasteiger partial charge in [0.25, 0.3) is 0 Å². The number of benzene rings is 2. The lowest BCUT2D eigenvalue weighted by atomic mass is 10.1. The maximum atomic E-state index is 12.5. The van der Waals surface area contributed by atoms with Crippen LogP contribution in [-0.4, -0.2) is 65.2 Å². The molecular formula is C24H25ClN6O3. The molecule has 10 heteroatoms. The number of hydrogen-bond donors (Lipinski definition) is 2. The summed E-state index contributed by atoms with van der Waals surface area (Å²) in [6.07, 6.45) is 0.803. The lowest BCUT2D eigenvalue weighted by molar-refractivity contribution is 0.189. The van der Waals surface area contributed by atoms with Crippen molar-refractivity contribution < 1.29 is 14.6 Å². The molecule has 9 nitrogen and oxygen atoms in total. The summed E-state index contributed by atoms with van der Waals surface area (Å²) in [5.74, 6) is 0.324. The van der Waals surface area contributed by atoms with Crippen LogP contribution in [0.5, 0.6) is 5.75 Å². The summed E-state index contributed by atoms with van der Waals surface area (Å²) in [4.78, 5) is 16.8. The number of ether oxygens (including phenoxy) is 1. The van der Waals surface area contributed by atoms with E-state index in [1.165, 1.54) is 6.20 Å². The van der Waals surface area contributed by atoms with Crippen molar-refractivity contribution in [1.29, 1.82) is 5.26 Å². The smallest absolute Gasteiger partial charge is 0.406 e. The minimum atomic E-state index is -0.673. The van der Waals surface area contributed by atoms with Gasteiger partial charge in [-0.15, -0.1) is 0 Å². The Balaban J connectivity index is 1.41. The fourth-order valence-corrected chi connectivity index (χ4v) is 4.04. The van der Waals surface area contributed by atoms with Gasteiger partial charge in [0, 0.05) is 43.4 Å². The van der Waals surface area contributed by atoms with E-state index in [0.717, 1.165) is 37.6 Å². The van der Waals surface area contributed by atoms with Gasteiger partial charge in [-0.05, 0) is 49.4 Å². The molecule has 1 aromatic heterocycles. The van der Waals surface area contributed by atoms with Crippen LogP contribution in [0.1, 0.15) is 11.3 Å². The second-order valence-electron chi connectivity index (χ2n) is 7.89. The molecule has 0 spiro atoms. The summed E-state index contributed by atoms with van der Waals surface area (Å²) in [7, 11) is 0. The second kappa shape index (κ2) is 10.6. The Hall–Kier alpha value is -3.58. The number of carbonyl (C=O) groups is 1. The van der Waals surface area contributed by atoms with E-state index in [1.54, 1.807) is 35.9 Å². The Bertz CT molecular complexity index is 1200. The molecule has 1 fully saturated rings. The van der Waals surface area contributed by atoms with E-state index in [1.807, 2.05) is 18.2 Å². The monoisotopic (exact) mass is 480 g/mol. The number of halogens is 1. The number of nitrogens with zero attached hydrogens (tertiary/aromatic N) is 5. The fourth-order valence-electron chi connectivity index (χ4n) is 3.91. The number of piperazine rings is 1. The minimum absolute atomic E-state index is 0.140. The number of rotatable bonds is 6. The SMILES string of the molecule is Cc1c(OC(=O)Nc2ccc(N3CCN(CCO)CC3)c(C#N)c2)cnn1-c1ccc(Cl)cc1. The van der Waals surface area contributed by atoms with E-state index in [4.69, 9.17) is 21.4 Å².